The predicted octanol–water partition coefficient (Wildman–Crippen LogP) is 3.39. The van der Waals surface area contributed by atoms with Gasteiger partial charge in [-0.05, 0) is 43.9 Å². The molecule has 1 aromatic heterocycles. The van der Waals surface area contributed by atoms with Crippen molar-refractivity contribution in [1.29, 1.82) is 5.26 Å². The zero-order valence-electron chi connectivity index (χ0n) is 9.86. The summed E-state index contributed by atoms with van der Waals surface area (Å²) in [5.41, 5.74) is 4.05. The van der Waals surface area contributed by atoms with Crippen molar-refractivity contribution < 1.29 is 0 Å². The molecule has 3 rings (SSSR count). The number of hydrogen-bond acceptors (Lipinski definition) is 2. The smallest absolute Gasteiger partial charge is 0.101 e. The van der Waals surface area contributed by atoms with Crippen LogP contribution >= 0.6 is 15.9 Å². The van der Waals surface area contributed by atoms with E-state index in [2.05, 4.69) is 31.6 Å². The number of aryl methyl sites for hydroxylation is 1. The molecule has 0 N–H and O–H groups in total. The SMILES string of the molecule is N#Cc1ccc(Br)cc1-n1cnc2c1CCCC2. The molecule has 0 saturated heterocycles. The third kappa shape index (κ3) is 1.85. The first-order valence-electron chi connectivity index (χ1n) is 6.04. The van der Waals surface area contributed by atoms with Crippen molar-refractivity contribution in [3.05, 3.63) is 46.0 Å². The average molecular weight is 302 g/mol. The molecule has 0 atom stereocenters. The third-order valence-electron chi connectivity index (χ3n) is 3.37. The van der Waals surface area contributed by atoms with E-state index in [1.165, 1.54) is 24.2 Å². The normalized spacial score (nSPS) is 14.0. The molecule has 0 amide bonds. The second-order valence-corrected chi connectivity index (χ2v) is 5.40. The second-order valence-electron chi connectivity index (χ2n) is 4.49. The van der Waals surface area contributed by atoms with Crippen LogP contribution in [-0.2, 0) is 12.8 Å². The Hall–Kier alpha value is -1.60. The molecule has 2 aromatic rings. The summed E-state index contributed by atoms with van der Waals surface area (Å²) in [6.45, 7) is 0. The average Bonchev–Trinajstić information content (AvgIpc) is 2.82. The van der Waals surface area contributed by atoms with Crippen LogP contribution in [0.4, 0.5) is 0 Å². The Labute approximate surface area is 114 Å². The number of fused-ring (bicyclic) bond motifs is 1. The Kier molecular flexibility index (Phi) is 2.92. The summed E-state index contributed by atoms with van der Waals surface area (Å²) >= 11 is 3.46. The van der Waals surface area contributed by atoms with Gasteiger partial charge in [0.1, 0.15) is 6.07 Å². The van der Waals surface area contributed by atoms with Gasteiger partial charge in [-0.2, -0.15) is 5.26 Å². The molecule has 0 aliphatic heterocycles. The fourth-order valence-corrected chi connectivity index (χ4v) is 2.82. The standard InChI is InChI=1S/C14H12BrN3/c15-11-6-5-10(8-16)14(7-11)18-9-17-12-3-1-2-4-13(12)18/h5-7,9H,1-4H2. The Morgan fingerprint density at radius 1 is 1.28 bits per heavy atom. The van der Waals surface area contributed by atoms with Crippen LogP contribution in [0.1, 0.15) is 29.8 Å². The van der Waals surface area contributed by atoms with Crippen molar-refractivity contribution in [2.24, 2.45) is 0 Å². The quantitative estimate of drug-likeness (QED) is 0.810. The first-order chi connectivity index (χ1) is 8.79. The van der Waals surface area contributed by atoms with Crippen molar-refractivity contribution in [2.75, 3.05) is 0 Å². The van der Waals surface area contributed by atoms with Gasteiger partial charge in [0.25, 0.3) is 0 Å². The van der Waals surface area contributed by atoms with Crippen LogP contribution in [0.15, 0.2) is 29.0 Å². The molecule has 18 heavy (non-hydrogen) atoms. The molecule has 4 heteroatoms. The monoisotopic (exact) mass is 301 g/mol. The molecule has 0 fully saturated rings. The molecule has 1 aromatic carbocycles. The number of aromatic nitrogens is 2. The summed E-state index contributed by atoms with van der Waals surface area (Å²) in [5.74, 6) is 0. The number of hydrogen-bond donors (Lipinski definition) is 0. The van der Waals surface area contributed by atoms with E-state index in [0.717, 1.165) is 23.0 Å². The Balaban J connectivity index is 2.18. The fourth-order valence-electron chi connectivity index (χ4n) is 2.48. The van der Waals surface area contributed by atoms with Gasteiger partial charge in [-0.15, -0.1) is 0 Å². The molecule has 3 nitrogen and oxygen atoms in total. The highest BCUT2D eigenvalue weighted by Crippen LogP contribution is 2.26. The lowest BCUT2D eigenvalue weighted by atomic mass is 10.0. The van der Waals surface area contributed by atoms with E-state index in [1.807, 2.05) is 24.5 Å². The first kappa shape index (κ1) is 11.5. The highest BCUT2D eigenvalue weighted by atomic mass is 79.9. The molecular formula is C14H12BrN3. The minimum Gasteiger partial charge on any atom is -0.302 e. The van der Waals surface area contributed by atoms with Crippen LogP contribution in [0.2, 0.25) is 0 Å². The molecule has 0 radical (unpaired) electrons. The topological polar surface area (TPSA) is 41.6 Å². The van der Waals surface area contributed by atoms with Gasteiger partial charge in [0, 0.05) is 10.2 Å². The number of rotatable bonds is 1. The molecule has 0 unspecified atom stereocenters. The zero-order valence-corrected chi connectivity index (χ0v) is 11.4. The molecule has 90 valence electrons. The summed E-state index contributed by atoms with van der Waals surface area (Å²) in [6, 6.07) is 7.97. The largest absolute Gasteiger partial charge is 0.302 e. The molecule has 0 saturated carbocycles. The van der Waals surface area contributed by atoms with Gasteiger partial charge in [-0.3, -0.25) is 0 Å². The molecule has 1 heterocycles. The molecular weight excluding hydrogens is 290 g/mol. The summed E-state index contributed by atoms with van der Waals surface area (Å²) in [4.78, 5) is 4.48. The molecule has 1 aliphatic rings. The van der Waals surface area contributed by atoms with Gasteiger partial charge < -0.3 is 4.57 Å². The van der Waals surface area contributed by atoms with Gasteiger partial charge in [-0.25, -0.2) is 4.98 Å². The third-order valence-corrected chi connectivity index (χ3v) is 3.86. The van der Waals surface area contributed by atoms with Gasteiger partial charge >= 0.3 is 0 Å². The number of imidazole rings is 1. The Morgan fingerprint density at radius 3 is 2.94 bits per heavy atom. The minimum absolute atomic E-state index is 0.684. The highest BCUT2D eigenvalue weighted by molar-refractivity contribution is 9.10. The van der Waals surface area contributed by atoms with Crippen molar-refractivity contribution in [2.45, 2.75) is 25.7 Å². The Bertz CT molecular complexity index is 637. The van der Waals surface area contributed by atoms with Crippen molar-refractivity contribution >= 4 is 15.9 Å². The van der Waals surface area contributed by atoms with Crippen LogP contribution in [0.3, 0.4) is 0 Å². The van der Waals surface area contributed by atoms with Crippen molar-refractivity contribution in [3.63, 3.8) is 0 Å². The summed E-state index contributed by atoms with van der Waals surface area (Å²) in [5, 5.41) is 9.21. The van der Waals surface area contributed by atoms with Crippen LogP contribution in [-0.4, -0.2) is 9.55 Å². The summed E-state index contributed by atoms with van der Waals surface area (Å²) in [7, 11) is 0. The van der Waals surface area contributed by atoms with E-state index in [0.29, 0.717) is 5.56 Å². The Morgan fingerprint density at radius 2 is 2.11 bits per heavy atom. The fraction of sp³-hybridized carbons (Fsp3) is 0.286. The molecule has 1 aliphatic carbocycles. The lowest BCUT2D eigenvalue weighted by molar-refractivity contribution is 0.656. The predicted molar refractivity (Wildman–Crippen MR) is 72.6 cm³/mol. The van der Waals surface area contributed by atoms with E-state index in [9.17, 15) is 5.26 Å². The van der Waals surface area contributed by atoms with Crippen LogP contribution in [0.25, 0.3) is 5.69 Å². The molecule has 0 bridgehead atoms. The highest BCUT2D eigenvalue weighted by Gasteiger charge is 2.17. The summed E-state index contributed by atoms with van der Waals surface area (Å²) in [6.07, 6.45) is 6.37. The van der Waals surface area contributed by atoms with Crippen molar-refractivity contribution in [1.82, 2.24) is 9.55 Å². The van der Waals surface area contributed by atoms with Gasteiger partial charge in [0.2, 0.25) is 0 Å². The zero-order chi connectivity index (χ0) is 12.5. The number of nitriles is 1. The lowest BCUT2D eigenvalue weighted by Gasteiger charge is -2.15. The van der Waals surface area contributed by atoms with Gasteiger partial charge in [0.15, 0.2) is 0 Å². The van der Waals surface area contributed by atoms with E-state index in [1.54, 1.807) is 0 Å². The van der Waals surface area contributed by atoms with Crippen molar-refractivity contribution in [3.8, 4) is 11.8 Å². The first-order valence-corrected chi connectivity index (χ1v) is 6.84. The maximum atomic E-state index is 9.21. The second kappa shape index (κ2) is 4.58. The van der Waals surface area contributed by atoms with Gasteiger partial charge in [-0.1, -0.05) is 15.9 Å². The number of nitrogens with zero attached hydrogens (tertiary/aromatic N) is 3. The van der Waals surface area contributed by atoms with Crippen LogP contribution in [0.5, 0.6) is 0 Å². The maximum Gasteiger partial charge on any atom is 0.101 e. The van der Waals surface area contributed by atoms with E-state index >= 15 is 0 Å². The van der Waals surface area contributed by atoms with E-state index in [4.69, 9.17) is 0 Å². The van der Waals surface area contributed by atoms with Crippen LogP contribution < -0.4 is 0 Å². The number of benzene rings is 1. The van der Waals surface area contributed by atoms with Gasteiger partial charge in [0.05, 0.1) is 23.3 Å². The number of halogens is 1. The lowest BCUT2D eigenvalue weighted by Crippen LogP contribution is -2.07. The maximum absolute atomic E-state index is 9.21. The van der Waals surface area contributed by atoms with Crippen LogP contribution in [0, 0.1) is 11.3 Å². The summed E-state index contributed by atoms with van der Waals surface area (Å²) < 4.78 is 3.05. The minimum atomic E-state index is 0.684. The van der Waals surface area contributed by atoms with E-state index < -0.39 is 0 Å². The van der Waals surface area contributed by atoms with E-state index in [-0.39, 0.29) is 0 Å². The molecule has 0 spiro atoms.